The minimum absolute atomic E-state index is 0.174. The van der Waals surface area contributed by atoms with E-state index in [9.17, 15) is 14.0 Å². The molecule has 7 heteroatoms. The number of nitrogens with zero attached hydrogens (tertiary/aromatic N) is 1. The molecule has 0 bridgehead atoms. The van der Waals surface area contributed by atoms with Crippen molar-refractivity contribution < 1.29 is 18.7 Å². The van der Waals surface area contributed by atoms with Gasteiger partial charge in [0.05, 0.1) is 11.3 Å². The molecule has 0 aliphatic carbocycles. The Morgan fingerprint density at radius 3 is 2.46 bits per heavy atom. The van der Waals surface area contributed by atoms with Gasteiger partial charge in [-0.05, 0) is 43.2 Å². The van der Waals surface area contributed by atoms with Crippen LogP contribution in [0.1, 0.15) is 29.8 Å². The van der Waals surface area contributed by atoms with Crippen molar-refractivity contribution in [1.82, 2.24) is 4.98 Å². The first-order chi connectivity index (χ1) is 13.5. The number of anilines is 1. The highest BCUT2D eigenvalue weighted by molar-refractivity contribution is 7.14. The molecule has 28 heavy (non-hydrogen) atoms. The Kier molecular flexibility index (Phi) is 6.16. The van der Waals surface area contributed by atoms with Crippen molar-refractivity contribution in [3.05, 3.63) is 70.9 Å². The molecule has 1 aromatic heterocycles. The van der Waals surface area contributed by atoms with E-state index in [0.29, 0.717) is 5.13 Å². The van der Waals surface area contributed by atoms with E-state index >= 15 is 0 Å². The maximum Gasteiger partial charge on any atom is 0.338 e. The quantitative estimate of drug-likeness (QED) is 0.612. The van der Waals surface area contributed by atoms with Crippen molar-refractivity contribution in [2.45, 2.75) is 26.4 Å². The molecule has 1 heterocycles. The van der Waals surface area contributed by atoms with Crippen molar-refractivity contribution in [3.8, 4) is 11.3 Å². The average Bonchev–Trinajstić information content (AvgIpc) is 3.17. The molecule has 0 saturated carbocycles. The van der Waals surface area contributed by atoms with Crippen LogP contribution in [-0.2, 0) is 16.0 Å². The number of esters is 1. The number of carbonyl (C=O) groups is 2. The summed E-state index contributed by atoms with van der Waals surface area (Å²) in [6, 6.07) is 13.0. The monoisotopic (exact) mass is 398 g/mol. The molecule has 0 aliphatic heterocycles. The number of ether oxygens (including phenoxy) is 1. The van der Waals surface area contributed by atoms with Crippen molar-refractivity contribution >= 4 is 28.3 Å². The fourth-order valence-corrected chi connectivity index (χ4v) is 3.17. The van der Waals surface area contributed by atoms with Crippen molar-refractivity contribution in [2.24, 2.45) is 0 Å². The fourth-order valence-electron chi connectivity index (χ4n) is 2.45. The van der Waals surface area contributed by atoms with Gasteiger partial charge in [0.2, 0.25) is 0 Å². The number of aryl methyl sites for hydroxylation is 1. The number of hydrogen-bond acceptors (Lipinski definition) is 5. The highest BCUT2D eigenvalue weighted by Gasteiger charge is 2.20. The number of nitrogens with one attached hydrogen (secondary N) is 1. The molecule has 1 atom stereocenters. The summed E-state index contributed by atoms with van der Waals surface area (Å²) >= 11 is 1.29. The number of halogens is 1. The molecule has 1 N–H and O–H groups in total. The second kappa shape index (κ2) is 8.75. The lowest BCUT2D eigenvalue weighted by molar-refractivity contribution is -0.123. The molecular weight excluding hydrogens is 379 g/mol. The maximum absolute atomic E-state index is 12.9. The van der Waals surface area contributed by atoms with E-state index < -0.39 is 23.8 Å². The van der Waals surface area contributed by atoms with Gasteiger partial charge in [-0.3, -0.25) is 10.1 Å². The summed E-state index contributed by atoms with van der Waals surface area (Å²) in [4.78, 5) is 28.7. The SMILES string of the molecule is CCc1ccc(-c2csc(NC(=O)[C@@H](C)OC(=O)c3ccc(F)cc3)n2)cc1. The zero-order valence-corrected chi connectivity index (χ0v) is 16.3. The molecule has 3 rings (SSSR count). The van der Waals surface area contributed by atoms with E-state index in [1.807, 2.05) is 29.6 Å². The van der Waals surface area contributed by atoms with Crippen LogP contribution in [0.25, 0.3) is 11.3 Å². The van der Waals surface area contributed by atoms with E-state index in [2.05, 4.69) is 17.2 Å². The Labute approximate surface area is 166 Å². The summed E-state index contributed by atoms with van der Waals surface area (Å²) < 4.78 is 18.1. The summed E-state index contributed by atoms with van der Waals surface area (Å²) in [5.74, 6) is -1.64. The van der Waals surface area contributed by atoms with Gasteiger partial charge in [0.1, 0.15) is 5.82 Å². The molecule has 0 spiro atoms. The second-order valence-electron chi connectivity index (χ2n) is 6.13. The number of benzene rings is 2. The number of amides is 1. The zero-order chi connectivity index (χ0) is 20.1. The number of rotatable bonds is 6. The molecule has 3 aromatic rings. The molecule has 0 aliphatic rings. The summed E-state index contributed by atoms with van der Waals surface area (Å²) in [6.07, 6.45) is -0.0542. The van der Waals surface area contributed by atoms with Crippen LogP contribution in [0.5, 0.6) is 0 Å². The first-order valence-corrected chi connectivity index (χ1v) is 9.66. The van der Waals surface area contributed by atoms with Crippen LogP contribution in [0, 0.1) is 5.82 Å². The topological polar surface area (TPSA) is 68.3 Å². The van der Waals surface area contributed by atoms with Crippen LogP contribution in [-0.4, -0.2) is 23.0 Å². The summed E-state index contributed by atoms with van der Waals surface area (Å²) in [5.41, 5.74) is 3.14. The van der Waals surface area contributed by atoms with Crippen molar-refractivity contribution in [1.29, 1.82) is 0 Å². The zero-order valence-electron chi connectivity index (χ0n) is 15.4. The largest absolute Gasteiger partial charge is 0.449 e. The van der Waals surface area contributed by atoms with Crippen LogP contribution in [0.4, 0.5) is 9.52 Å². The number of thiazole rings is 1. The highest BCUT2D eigenvalue weighted by Crippen LogP contribution is 2.25. The van der Waals surface area contributed by atoms with Crippen LogP contribution in [0.2, 0.25) is 0 Å². The van der Waals surface area contributed by atoms with Crippen LogP contribution >= 0.6 is 11.3 Å². The van der Waals surface area contributed by atoms with Gasteiger partial charge in [0.25, 0.3) is 5.91 Å². The molecule has 0 radical (unpaired) electrons. The van der Waals surface area contributed by atoms with Gasteiger partial charge < -0.3 is 4.74 Å². The standard InChI is InChI=1S/C21H19FN2O3S/c1-3-14-4-6-15(7-5-14)18-12-28-21(23-18)24-19(25)13(2)27-20(26)16-8-10-17(22)11-9-16/h4-13H,3H2,1-2H3,(H,23,24,25)/t13-/m1/s1. The van der Waals surface area contributed by atoms with Gasteiger partial charge in [-0.15, -0.1) is 11.3 Å². The Bertz CT molecular complexity index is 968. The molecule has 5 nitrogen and oxygen atoms in total. The average molecular weight is 398 g/mol. The van der Waals surface area contributed by atoms with Gasteiger partial charge in [0, 0.05) is 10.9 Å². The molecule has 0 saturated heterocycles. The Balaban J connectivity index is 1.60. The van der Waals surface area contributed by atoms with Crippen LogP contribution in [0.15, 0.2) is 53.9 Å². The summed E-state index contributed by atoms with van der Waals surface area (Å²) in [5, 5.41) is 4.93. The first kappa shape index (κ1) is 19.7. The number of carbonyl (C=O) groups excluding carboxylic acids is 2. The first-order valence-electron chi connectivity index (χ1n) is 8.78. The van der Waals surface area contributed by atoms with Gasteiger partial charge >= 0.3 is 5.97 Å². The summed E-state index contributed by atoms with van der Waals surface area (Å²) in [7, 11) is 0. The maximum atomic E-state index is 12.9. The molecule has 0 fully saturated rings. The van der Waals surface area contributed by atoms with E-state index in [-0.39, 0.29) is 5.56 Å². The third kappa shape index (κ3) is 4.80. The molecule has 1 amide bonds. The lowest BCUT2D eigenvalue weighted by atomic mass is 10.1. The predicted octanol–water partition coefficient (Wildman–Crippen LogP) is 4.70. The predicted molar refractivity (Wildman–Crippen MR) is 107 cm³/mol. The summed E-state index contributed by atoms with van der Waals surface area (Å²) in [6.45, 7) is 3.56. The number of aromatic nitrogens is 1. The Morgan fingerprint density at radius 1 is 1.14 bits per heavy atom. The van der Waals surface area contributed by atoms with Gasteiger partial charge in [-0.2, -0.15) is 0 Å². The Hall–Kier alpha value is -3.06. The molecule has 2 aromatic carbocycles. The smallest absolute Gasteiger partial charge is 0.338 e. The lowest BCUT2D eigenvalue weighted by Gasteiger charge is -2.12. The Morgan fingerprint density at radius 2 is 1.82 bits per heavy atom. The van der Waals surface area contributed by atoms with Crippen LogP contribution in [0.3, 0.4) is 0 Å². The van der Waals surface area contributed by atoms with Crippen molar-refractivity contribution in [2.75, 3.05) is 5.32 Å². The molecule has 144 valence electrons. The van der Waals surface area contributed by atoms with E-state index in [4.69, 9.17) is 4.74 Å². The molecule has 0 unspecified atom stereocenters. The highest BCUT2D eigenvalue weighted by atomic mass is 32.1. The van der Waals surface area contributed by atoms with Gasteiger partial charge in [0.15, 0.2) is 11.2 Å². The normalized spacial score (nSPS) is 11.7. The van der Waals surface area contributed by atoms with E-state index in [1.54, 1.807) is 0 Å². The fraction of sp³-hybridized carbons (Fsp3) is 0.190. The molecular formula is C21H19FN2O3S. The third-order valence-electron chi connectivity index (χ3n) is 4.13. The second-order valence-corrected chi connectivity index (χ2v) is 6.99. The minimum Gasteiger partial charge on any atom is -0.449 e. The van der Waals surface area contributed by atoms with Crippen LogP contribution < -0.4 is 5.32 Å². The lowest BCUT2D eigenvalue weighted by Crippen LogP contribution is -2.29. The van der Waals surface area contributed by atoms with E-state index in [1.165, 1.54) is 36.0 Å². The number of hydrogen-bond donors (Lipinski definition) is 1. The third-order valence-corrected chi connectivity index (χ3v) is 4.88. The van der Waals surface area contributed by atoms with Gasteiger partial charge in [-0.1, -0.05) is 31.2 Å². The van der Waals surface area contributed by atoms with Crippen molar-refractivity contribution in [3.63, 3.8) is 0 Å². The van der Waals surface area contributed by atoms with Gasteiger partial charge in [-0.25, -0.2) is 14.2 Å². The van der Waals surface area contributed by atoms with E-state index in [0.717, 1.165) is 29.8 Å². The minimum atomic E-state index is -1.02.